The Kier molecular flexibility index (Phi) is 7.17. The topological polar surface area (TPSA) is 39.1 Å². The van der Waals surface area contributed by atoms with Crippen LogP contribution in [0.1, 0.15) is 31.7 Å². The molecule has 1 unspecified atom stereocenters. The first-order chi connectivity index (χ1) is 9.15. The minimum absolute atomic E-state index is 0.0518. The maximum absolute atomic E-state index is 9.20. The Balaban J connectivity index is 2.23. The normalized spacial score (nSPS) is 12.6. The Morgan fingerprint density at radius 1 is 1.26 bits per heavy atom. The van der Waals surface area contributed by atoms with Crippen LogP contribution in [0.15, 0.2) is 30.3 Å². The van der Waals surface area contributed by atoms with E-state index in [-0.39, 0.29) is 5.92 Å². The van der Waals surface area contributed by atoms with E-state index in [1.807, 2.05) is 30.3 Å². The molecule has 0 aliphatic rings. The highest BCUT2D eigenvalue weighted by Gasteiger charge is 2.09. The Hall–Kier alpha value is -1.37. The van der Waals surface area contributed by atoms with Crippen LogP contribution in [0.5, 0.6) is 0 Å². The van der Waals surface area contributed by atoms with Crippen molar-refractivity contribution in [1.82, 2.24) is 10.2 Å². The van der Waals surface area contributed by atoms with Crippen LogP contribution in [-0.2, 0) is 0 Å². The first kappa shape index (κ1) is 15.7. The molecule has 1 N–H and O–H groups in total. The second kappa shape index (κ2) is 8.68. The minimum Gasteiger partial charge on any atom is -0.315 e. The van der Waals surface area contributed by atoms with Crippen molar-refractivity contribution in [3.8, 4) is 6.07 Å². The molecule has 3 heteroatoms. The van der Waals surface area contributed by atoms with Gasteiger partial charge in [-0.15, -0.1) is 0 Å². The van der Waals surface area contributed by atoms with E-state index in [0.29, 0.717) is 6.04 Å². The smallest absolute Gasteiger partial charge is 0.0837 e. The third-order valence-corrected chi connectivity index (χ3v) is 3.45. The summed E-state index contributed by atoms with van der Waals surface area (Å²) in [5, 5.41) is 12.6. The molecule has 1 aromatic carbocycles. The van der Waals surface area contributed by atoms with Gasteiger partial charge >= 0.3 is 0 Å². The molecule has 0 aromatic heterocycles. The van der Waals surface area contributed by atoms with E-state index in [1.54, 1.807) is 0 Å². The molecule has 0 radical (unpaired) electrons. The molecular weight excluding hydrogens is 234 g/mol. The van der Waals surface area contributed by atoms with Gasteiger partial charge < -0.3 is 10.2 Å². The largest absolute Gasteiger partial charge is 0.315 e. The molecule has 0 bridgehead atoms. The van der Waals surface area contributed by atoms with Crippen LogP contribution >= 0.6 is 0 Å². The summed E-state index contributed by atoms with van der Waals surface area (Å²) in [6, 6.07) is 12.9. The number of nitrogens with zero attached hydrogens (tertiary/aromatic N) is 2. The molecule has 104 valence electrons. The molecule has 0 heterocycles. The van der Waals surface area contributed by atoms with Gasteiger partial charge in [0, 0.05) is 12.6 Å². The van der Waals surface area contributed by atoms with E-state index in [9.17, 15) is 5.26 Å². The predicted molar refractivity (Wildman–Crippen MR) is 80.0 cm³/mol. The van der Waals surface area contributed by atoms with Crippen LogP contribution < -0.4 is 5.32 Å². The van der Waals surface area contributed by atoms with E-state index in [1.165, 1.54) is 0 Å². The van der Waals surface area contributed by atoms with Crippen molar-refractivity contribution in [3.05, 3.63) is 35.9 Å². The minimum atomic E-state index is -0.0518. The summed E-state index contributed by atoms with van der Waals surface area (Å²) in [5.74, 6) is -0.0518. The summed E-state index contributed by atoms with van der Waals surface area (Å²) in [5.41, 5.74) is 1.09. The summed E-state index contributed by atoms with van der Waals surface area (Å²) in [4.78, 5) is 2.33. The maximum atomic E-state index is 9.20. The van der Waals surface area contributed by atoms with E-state index in [2.05, 4.69) is 37.2 Å². The van der Waals surface area contributed by atoms with Crippen molar-refractivity contribution >= 4 is 0 Å². The molecule has 1 atom stereocenters. The SMILES string of the molecule is CC(C)N(C)CCCNCC(C#N)c1ccccc1. The second-order valence-electron chi connectivity index (χ2n) is 5.22. The number of nitrogens with one attached hydrogen (secondary N) is 1. The van der Waals surface area contributed by atoms with Crippen LogP contribution in [0.2, 0.25) is 0 Å². The lowest BCUT2D eigenvalue weighted by molar-refractivity contribution is 0.269. The number of hydrogen-bond acceptors (Lipinski definition) is 3. The Labute approximate surface area is 117 Å². The predicted octanol–water partition coefficient (Wildman–Crippen LogP) is 2.61. The lowest BCUT2D eigenvalue weighted by Crippen LogP contribution is -2.30. The van der Waals surface area contributed by atoms with Crippen molar-refractivity contribution in [3.63, 3.8) is 0 Å². The summed E-state index contributed by atoms with van der Waals surface area (Å²) in [6.45, 7) is 7.18. The highest BCUT2D eigenvalue weighted by molar-refractivity contribution is 5.24. The zero-order valence-electron chi connectivity index (χ0n) is 12.3. The van der Waals surface area contributed by atoms with Crippen LogP contribution in [-0.4, -0.2) is 37.6 Å². The molecule has 0 fully saturated rings. The first-order valence-corrected chi connectivity index (χ1v) is 7.00. The van der Waals surface area contributed by atoms with Gasteiger partial charge in [0.1, 0.15) is 0 Å². The zero-order chi connectivity index (χ0) is 14.1. The summed E-state index contributed by atoms with van der Waals surface area (Å²) >= 11 is 0. The van der Waals surface area contributed by atoms with Gasteiger partial charge in [-0.1, -0.05) is 30.3 Å². The lowest BCUT2D eigenvalue weighted by Gasteiger charge is -2.21. The van der Waals surface area contributed by atoms with Gasteiger partial charge in [0.2, 0.25) is 0 Å². The molecule has 0 saturated carbocycles. The highest BCUT2D eigenvalue weighted by Crippen LogP contribution is 2.12. The lowest BCUT2D eigenvalue weighted by atomic mass is 10.0. The molecule has 3 nitrogen and oxygen atoms in total. The van der Waals surface area contributed by atoms with Gasteiger partial charge in [-0.05, 0) is 46.0 Å². The zero-order valence-corrected chi connectivity index (χ0v) is 12.3. The van der Waals surface area contributed by atoms with Crippen molar-refractivity contribution in [2.24, 2.45) is 0 Å². The summed E-state index contributed by atoms with van der Waals surface area (Å²) in [6.07, 6.45) is 1.11. The van der Waals surface area contributed by atoms with Gasteiger partial charge in [0.05, 0.1) is 12.0 Å². The molecule has 0 aliphatic heterocycles. The van der Waals surface area contributed by atoms with Crippen molar-refractivity contribution in [2.45, 2.75) is 32.2 Å². The van der Waals surface area contributed by atoms with Crippen LogP contribution in [0.4, 0.5) is 0 Å². The van der Waals surface area contributed by atoms with E-state index < -0.39 is 0 Å². The average Bonchev–Trinajstić information content (AvgIpc) is 2.43. The number of hydrogen-bond donors (Lipinski definition) is 1. The van der Waals surface area contributed by atoms with Gasteiger partial charge in [0.25, 0.3) is 0 Å². The third-order valence-electron chi connectivity index (χ3n) is 3.45. The fourth-order valence-electron chi connectivity index (χ4n) is 1.88. The number of nitriles is 1. The molecular formula is C16H25N3. The Morgan fingerprint density at radius 2 is 1.95 bits per heavy atom. The molecule has 1 aromatic rings. The van der Waals surface area contributed by atoms with E-state index in [0.717, 1.165) is 31.6 Å². The van der Waals surface area contributed by atoms with Gasteiger partial charge in [-0.25, -0.2) is 0 Å². The number of benzene rings is 1. The van der Waals surface area contributed by atoms with Crippen LogP contribution in [0.25, 0.3) is 0 Å². The Morgan fingerprint density at radius 3 is 2.53 bits per heavy atom. The third kappa shape index (κ3) is 5.87. The first-order valence-electron chi connectivity index (χ1n) is 7.00. The Bertz CT molecular complexity index is 381. The highest BCUT2D eigenvalue weighted by atomic mass is 15.1. The standard InChI is InChI=1S/C16H25N3/c1-14(2)19(3)11-7-10-18-13-16(12-17)15-8-5-4-6-9-15/h4-6,8-9,14,16,18H,7,10-11,13H2,1-3H3. The number of rotatable bonds is 8. The molecule has 1 rings (SSSR count). The van der Waals surface area contributed by atoms with Crippen LogP contribution in [0, 0.1) is 11.3 Å². The molecule has 0 spiro atoms. The summed E-state index contributed by atoms with van der Waals surface area (Å²) in [7, 11) is 2.15. The maximum Gasteiger partial charge on any atom is 0.0837 e. The second-order valence-corrected chi connectivity index (χ2v) is 5.22. The van der Waals surface area contributed by atoms with E-state index in [4.69, 9.17) is 0 Å². The molecule has 0 aliphatic carbocycles. The van der Waals surface area contributed by atoms with E-state index >= 15 is 0 Å². The van der Waals surface area contributed by atoms with Crippen molar-refractivity contribution < 1.29 is 0 Å². The molecule has 0 amide bonds. The molecule has 19 heavy (non-hydrogen) atoms. The summed E-state index contributed by atoms with van der Waals surface area (Å²) < 4.78 is 0. The van der Waals surface area contributed by atoms with Crippen LogP contribution in [0.3, 0.4) is 0 Å². The van der Waals surface area contributed by atoms with Crippen molar-refractivity contribution in [1.29, 1.82) is 5.26 Å². The monoisotopic (exact) mass is 259 g/mol. The average molecular weight is 259 g/mol. The van der Waals surface area contributed by atoms with Crippen molar-refractivity contribution in [2.75, 3.05) is 26.7 Å². The fraction of sp³-hybridized carbons (Fsp3) is 0.562. The fourth-order valence-corrected chi connectivity index (χ4v) is 1.88. The quantitative estimate of drug-likeness (QED) is 0.729. The van der Waals surface area contributed by atoms with Gasteiger partial charge in [0.15, 0.2) is 0 Å². The van der Waals surface area contributed by atoms with Gasteiger partial charge in [-0.3, -0.25) is 0 Å². The van der Waals surface area contributed by atoms with Gasteiger partial charge in [-0.2, -0.15) is 5.26 Å². The molecule has 0 saturated heterocycles.